The quantitative estimate of drug-likeness (QED) is 0.0198. The average Bonchev–Trinajstić information content (AvgIpc) is 1.51. The van der Waals surface area contributed by atoms with Gasteiger partial charge in [-0.05, 0) is 112 Å². The first-order valence-electron chi connectivity index (χ1n) is 37.2. The Bertz CT molecular complexity index is 3240. The first kappa shape index (κ1) is 89.1. The molecule has 1 fully saturated rings. The maximum absolute atomic E-state index is 14.9. The zero-order valence-electron chi connectivity index (χ0n) is 62.0. The summed E-state index contributed by atoms with van der Waals surface area (Å²) >= 11 is 0. The van der Waals surface area contributed by atoms with Gasteiger partial charge in [0.05, 0.1) is 18.6 Å². The molecule has 0 unspecified atom stereocenters. The molecule has 32 nitrogen and oxygen atoms in total. The van der Waals surface area contributed by atoms with Crippen molar-refractivity contribution in [2.24, 2.45) is 23.3 Å². The van der Waals surface area contributed by atoms with E-state index in [1.807, 2.05) is 0 Å². The Balaban J connectivity index is 1.75. The molecule has 2 aromatic carbocycles. The molecule has 5 rings (SSSR count). The van der Waals surface area contributed by atoms with Crippen molar-refractivity contribution in [1.29, 1.82) is 0 Å². The number of phenols is 1. The number of hydrogen-bond donors (Lipinski definition) is 16. The molecule has 11 amide bonds. The molecular formula is C74H114N12O20. The van der Waals surface area contributed by atoms with Crippen LogP contribution in [0.4, 0.5) is 0 Å². The Morgan fingerprint density at radius 1 is 0.575 bits per heavy atom. The van der Waals surface area contributed by atoms with Gasteiger partial charge in [-0.25, -0.2) is 4.79 Å². The molecule has 0 aromatic heterocycles. The van der Waals surface area contributed by atoms with Gasteiger partial charge in [-0.3, -0.25) is 62.3 Å². The molecule has 0 radical (unpaired) electrons. The van der Waals surface area contributed by atoms with Gasteiger partial charge < -0.3 is 94.5 Å². The van der Waals surface area contributed by atoms with Crippen LogP contribution in [0.5, 0.6) is 11.5 Å². The largest absolute Gasteiger partial charge is 0.508 e. The van der Waals surface area contributed by atoms with Gasteiger partial charge in [-0.15, -0.1) is 0 Å². The van der Waals surface area contributed by atoms with E-state index >= 15 is 0 Å². The monoisotopic (exact) mass is 1490 g/mol. The predicted octanol–water partition coefficient (Wildman–Crippen LogP) is 1.72. The molecule has 2 bridgehead atoms. The fourth-order valence-electron chi connectivity index (χ4n) is 12.4. The van der Waals surface area contributed by atoms with Crippen molar-refractivity contribution < 1.29 is 97.4 Å². The van der Waals surface area contributed by atoms with Gasteiger partial charge in [0.2, 0.25) is 65.0 Å². The number of amides is 11. The number of esters is 1. The van der Waals surface area contributed by atoms with E-state index in [0.717, 1.165) is 43.9 Å². The van der Waals surface area contributed by atoms with Gasteiger partial charge in [0.15, 0.2) is 0 Å². The number of phenolic OH excluding ortho intramolecular Hbond substituents is 1. The number of aromatic hydroxyl groups is 1. The van der Waals surface area contributed by atoms with E-state index in [1.165, 1.54) is 87.1 Å². The molecule has 3 aliphatic rings. The number of nitrogens with one attached hydrogen (secondary N) is 9. The zero-order chi connectivity index (χ0) is 78.6. The molecule has 590 valence electrons. The lowest BCUT2D eigenvalue weighted by molar-refractivity contribution is -0.144. The highest BCUT2D eigenvalue weighted by Gasteiger charge is 2.42. The number of carbonyl (C=O) groups excluding carboxylic acids is 12. The second kappa shape index (κ2) is 46.6. The molecule has 3 heterocycles. The first-order chi connectivity index (χ1) is 50.3. The Morgan fingerprint density at radius 3 is 1.67 bits per heavy atom. The van der Waals surface area contributed by atoms with Crippen LogP contribution in [-0.2, 0) is 80.0 Å². The highest BCUT2D eigenvalue weighted by atomic mass is 16.5. The zero-order valence-corrected chi connectivity index (χ0v) is 62.0. The number of carboxylic acids is 2. The van der Waals surface area contributed by atoms with Crippen LogP contribution in [0.1, 0.15) is 207 Å². The van der Waals surface area contributed by atoms with Crippen LogP contribution in [-0.4, -0.2) is 199 Å². The summed E-state index contributed by atoms with van der Waals surface area (Å²) in [5.41, 5.74) is 12.0. The van der Waals surface area contributed by atoms with Crippen LogP contribution in [0.15, 0.2) is 48.5 Å². The van der Waals surface area contributed by atoms with Crippen molar-refractivity contribution in [3.05, 3.63) is 59.7 Å². The third kappa shape index (κ3) is 31.8. The third-order valence-corrected chi connectivity index (χ3v) is 18.6. The number of primary amides is 1. The van der Waals surface area contributed by atoms with E-state index in [2.05, 4.69) is 54.8 Å². The van der Waals surface area contributed by atoms with Crippen molar-refractivity contribution in [3.8, 4) is 11.5 Å². The molecule has 1 saturated heterocycles. The second-order valence-corrected chi connectivity index (χ2v) is 28.3. The normalized spacial score (nSPS) is 21.6. The number of hydrogen-bond acceptors (Lipinski definition) is 19. The minimum Gasteiger partial charge on any atom is -0.508 e. The van der Waals surface area contributed by atoms with Gasteiger partial charge >= 0.3 is 17.9 Å². The van der Waals surface area contributed by atoms with Crippen molar-refractivity contribution in [1.82, 2.24) is 52.8 Å². The number of benzene rings is 2. The minimum atomic E-state index is -1.99. The Labute approximate surface area is 619 Å². The maximum Gasteiger partial charge on any atom is 0.334 e. The Hall–Kier alpha value is -9.30. The lowest BCUT2D eigenvalue weighted by Gasteiger charge is -2.32. The summed E-state index contributed by atoms with van der Waals surface area (Å²) in [5.74, 6) is -16.2. The highest BCUT2D eigenvalue weighted by Crippen LogP contribution is 2.24. The lowest BCUT2D eigenvalue weighted by atomic mass is 10.00. The van der Waals surface area contributed by atoms with Gasteiger partial charge in [-0.1, -0.05) is 136 Å². The SMILES string of the molecule is CCCCCCCCCCCCCC[C@@H](O)CC(=O)N[C@@H](CCC(=O)O)C(=O)N[C@@H](CCCN)C(=O)N[C@H]1Cc2ccc(cc2)OC(=O)[C@H](C(C)C)NC(=O)[C@@H](Cc2ccc(O)cc2)NC(=O)[C@H](CCC(N)=O)NC(=O)[C@@H]2CCCN2C(=O)[C@@H](C(C)C)NC(=O)[C@H](CCC(=O)O)NC(=O)[C@@H]([C@H](C)O)NC1=O. The number of carbonyl (C=O) groups is 14. The summed E-state index contributed by atoms with van der Waals surface area (Å²) in [7, 11) is 0. The number of ether oxygens (including phenoxy) is 1. The highest BCUT2D eigenvalue weighted by molar-refractivity contribution is 6.00. The van der Waals surface area contributed by atoms with Crippen molar-refractivity contribution >= 4 is 82.9 Å². The Kier molecular flexibility index (Phi) is 39.2. The second-order valence-electron chi connectivity index (χ2n) is 28.3. The number of aliphatic carboxylic acids is 2. The topological polar surface area (TPSA) is 513 Å². The maximum atomic E-state index is 14.9. The molecule has 2 aromatic rings. The fraction of sp³-hybridized carbons (Fsp3) is 0.649. The summed E-state index contributed by atoms with van der Waals surface area (Å²) in [5, 5.41) is 74.5. The molecule has 32 heteroatoms. The smallest absolute Gasteiger partial charge is 0.334 e. The third-order valence-electron chi connectivity index (χ3n) is 18.6. The average molecular weight is 1490 g/mol. The van der Waals surface area contributed by atoms with Crippen molar-refractivity contribution in [3.63, 3.8) is 0 Å². The molecule has 18 N–H and O–H groups in total. The Morgan fingerprint density at radius 2 is 1.10 bits per heavy atom. The summed E-state index contributed by atoms with van der Waals surface area (Å²) in [6.45, 7) is 9.50. The van der Waals surface area contributed by atoms with E-state index < -0.39 is 219 Å². The molecule has 106 heavy (non-hydrogen) atoms. The first-order valence-corrected chi connectivity index (χ1v) is 37.2. The molecular weight excluding hydrogens is 1380 g/mol. The number of nitrogens with zero attached hydrogens (tertiary/aromatic N) is 1. The number of nitrogens with two attached hydrogens (primary N) is 2. The number of fused-ring (bicyclic) bond motifs is 23. The summed E-state index contributed by atoms with van der Waals surface area (Å²) in [4.78, 5) is 196. The van der Waals surface area contributed by atoms with Crippen LogP contribution in [0.25, 0.3) is 0 Å². The van der Waals surface area contributed by atoms with Crippen LogP contribution in [0.3, 0.4) is 0 Å². The molecule has 3 aliphatic heterocycles. The fourth-order valence-corrected chi connectivity index (χ4v) is 12.4. The predicted molar refractivity (Wildman–Crippen MR) is 388 cm³/mol. The number of rotatable bonds is 37. The van der Waals surface area contributed by atoms with E-state index in [-0.39, 0.29) is 62.3 Å². The molecule has 0 spiro atoms. The molecule has 12 atom stereocenters. The number of unbranched alkanes of at least 4 members (excludes halogenated alkanes) is 11. The molecule has 0 saturated carbocycles. The van der Waals surface area contributed by atoms with Crippen molar-refractivity contribution in [2.45, 2.75) is 281 Å². The summed E-state index contributed by atoms with van der Waals surface area (Å²) in [6, 6.07) is -4.94. The van der Waals surface area contributed by atoms with Crippen LogP contribution in [0, 0.1) is 11.8 Å². The minimum absolute atomic E-state index is 0.0231. The van der Waals surface area contributed by atoms with E-state index in [9.17, 15) is 92.7 Å². The van der Waals surface area contributed by atoms with Crippen LogP contribution >= 0.6 is 0 Å². The van der Waals surface area contributed by atoms with Crippen LogP contribution < -0.4 is 64.1 Å². The molecule has 0 aliphatic carbocycles. The van der Waals surface area contributed by atoms with Gasteiger partial charge in [0.1, 0.15) is 71.9 Å². The van der Waals surface area contributed by atoms with Gasteiger partial charge in [0.25, 0.3) is 0 Å². The van der Waals surface area contributed by atoms with E-state index in [0.29, 0.717) is 18.4 Å². The number of carboxylic acid groups (broad SMARTS) is 2. The van der Waals surface area contributed by atoms with E-state index in [1.54, 1.807) is 27.7 Å². The van der Waals surface area contributed by atoms with Gasteiger partial charge in [-0.2, -0.15) is 0 Å². The van der Waals surface area contributed by atoms with Crippen molar-refractivity contribution in [2.75, 3.05) is 13.1 Å². The lowest BCUT2D eigenvalue weighted by Crippen LogP contribution is -2.62. The van der Waals surface area contributed by atoms with E-state index in [4.69, 9.17) is 16.2 Å². The van der Waals surface area contributed by atoms with Crippen LogP contribution in [0.2, 0.25) is 0 Å². The standard InChI is InChI=1S/C74H114N12O20/c1-7-8-9-10-11-12-13-14-15-16-17-18-21-49(89)42-59(91)77-52(33-36-60(92)93)66(97)78-51(22-19-38-75)65(96)81-56-41-47-26-30-50(31-27-47)106-74(105)63(44(4)5)84-69(100)55(40-46-24-28-48(88)29-25-46)82-67(98)53(32-35-58(76)90)79-71(102)57-23-20-39-86(57)73(104)62(43(2)3)83-68(99)54(34-37-61(94)95)80-72(103)64(45(6)87)85-70(56)101/h24-31,43-45,49,51-57,62-64,87-89H,7-23,32-42,75H2,1-6H3,(H2,76,90)(H,77,91)(H,78,97)(H,79,102)(H,80,103)(H,81,96)(H,82,98)(H,83,99)(H,84,100)(H,85,101)(H,92,93)(H,94,95)/t45-,49+,51-,52-,53-,54-,55+,56-,57-,62+,63-,64+/m0/s1. The number of aliphatic hydroxyl groups excluding tert-OH is 2. The van der Waals surface area contributed by atoms with Gasteiger partial charge in [0, 0.05) is 38.6 Å². The summed E-state index contributed by atoms with van der Waals surface area (Å²) < 4.78 is 5.77. The summed E-state index contributed by atoms with van der Waals surface area (Å²) in [6.07, 6.45) is 6.34. The number of aliphatic hydroxyl groups is 2.